The molecule has 2 fully saturated rings. The SMILES string of the molecule is CN1CCC(NC(=O)c2ccc(S(=O)(=O)NC3CC3)cc2)CC1. The van der Waals surface area contributed by atoms with Gasteiger partial charge in [0.05, 0.1) is 4.90 Å². The first-order chi connectivity index (χ1) is 10.9. The second-order valence-electron chi connectivity index (χ2n) is 6.47. The average Bonchev–Trinajstić information content (AvgIpc) is 3.33. The molecule has 0 atom stereocenters. The van der Waals surface area contributed by atoms with Crippen molar-refractivity contribution in [3.05, 3.63) is 29.8 Å². The summed E-state index contributed by atoms with van der Waals surface area (Å²) < 4.78 is 26.8. The van der Waals surface area contributed by atoms with Gasteiger partial charge in [0.25, 0.3) is 5.91 Å². The summed E-state index contributed by atoms with van der Waals surface area (Å²) in [6, 6.07) is 6.41. The Morgan fingerprint density at radius 1 is 1.04 bits per heavy atom. The van der Waals surface area contributed by atoms with E-state index in [1.165, 1.54) is 12.1 Å². The van der Waals surface area contributed by atoms with Crippen LogP contribution in [-0.4, -0.2) is 51.4 Å². The van der Waals surface area contributed by atoms with Crippen LogP contribution in [0.2, 0.25) is 0 Å². The van der Waals surface area contributed by atoms with Gasteiger partial charge in [0.2, 0.25) is 10.0 Å². The van der Waals surface area contributed by atoms with Gasteiger partial charge in [-0.2, -0.15) is 0 Å². The van der Waals surface area contributed by atoms with Gasteiger partial charge in [-0.15, -0.1) is 0 Å². The third-order valence-corrected chi connectivity index (χ3v) is 5.92. The van der Waals surface area contributed by atoms with Crippen molar-refractivity contribution in [1.82, 2.24) is 14.9 Å². The van der Waals surface area contributed by atoms with E-state index in [9.17, 15) is 13.2 Å². The van der Waals surface area contributed by atoms with Crippen molar-refractivity contribution >= 4 is 15.9 Å². The van der Waals surface area contributed by atoms with Gasteiger partial charge in [-0.05, 0) is 70.1 Å². The van der Waals surface area contributed by atoms with Crippen LogP contribution in [0.15, 0.2) is 29.2 Å². The molecule has 0 radical (unpaired) electrons. The number of sulfonamides is 1. The van der Waals surface area contributed by atoms with Gasteiger partial charge in [-0.1, -0.05) is 0 Å². The first kappa shape index (κ1) is 16.4. The van der Waals surface area contributed by atoms with E-state index in [1.807, 2.05) is 0 Å². The number of hydrogen-bond donors (Lipinski definition) is 2. The van der Waals surface area contributed by atoms with Gasteiger partial charge in [0.1, 0.15) is 0 Å². The number of amides is 1. The number of rotatable bonds is 5. The summed E-state index contributed by atoms with van der Waals surface area (Å²) in [5.41, 5.74) is 0.495. The third-order valence-electron chi connectivity index (χ3n) is 4.38. The highest BCUT2D eigenvalue weighted by Crippen LogP contribution is 2.22. The van der Waals surface area contributed by atoms with Gasteiger partial charge in [-0.3, -0.25) is 4.79 Å². The molecular weight excluding hydrogens is 314 g/mol. The topological polar surface area (TPSA) is 78.5 Å². The van der Waals surface area contributed by atoms with Crippen LogP contribution in [0.4, 0.5) is 0 Å². The number of carbonyl (C=O) groups is 1. The Morgan fingerprint density at radius 3 is 2.22 bits per heavy atom. The van der Waals surface area contributed by atoms with Crippen molar-refractivity contribution in [3.8, 4) is 0 Å². The highest BCUT2D eigenvalue weighted by Gasteiger charge is 2.28. The predicted octanol–water partition coefficient (Wildman–Crippen LogP) is 0.951. The molecule has 1 saturated heterocycles. The lowest BCUT2D eigenvalue weighted by atomic mass is 10.0. The van der Waals surface area contributed by atoms with Crippen LogP contribution in [0.5, 0.6) is 0 Å². The molecule has 1 aliphatic heterocycles. The minimum atomic E-state index is -3.46. The van der Waals surface area contributed by atoms with E-state index in [-0.39, 0.29) is 22.9 Å². The van der Waals surface area contributed by atoms with E-state index in [2.05, 4.69) is 22.0 Å². The lowest BCUT2D eigenvalue weighted by Crippen LogP contribution is -2.43. The Kier molecular flexibility index (Phi) is 4.70. The summed E-state index contributed by atoms with van der Waals surface area (Å²) in [5, 5.41) is 3.03. The van der Waals surface area contributed by atoms with Crippen molar-refractivity contribution in [2.75, 3.05) is 20.1 Å². The molecule has 1 saturated carbocycles. The molecule has 6 nitrogen and oxygen atoms in total. The maximum atomic E-state index is 12.3. The Bertz CT molecular complexity index is 660. The van der Waals surface area contributed by atoms with E-state index in [4.69, 9.17) is 0 Å². The summed E-state index contributed by atoms with van der Waals surface area (Å²) in [4.78, 5) is 14.7. The monoisotopic (exact) mass is 337 g/mol. The summed E-state index contributed by atoms with van der Waals surface area (Å²) in [6.45, 7) is 1.96. The van der Waals surface area contributed by atoms with E-state index in [0.29, 0.717) is 5.56 Å². The minimum absolute atomic E-state index is 0.0763. The molecule has 0 spiro atoms. The fraction of sp³-hybridized carbons (Fsp3) is 0.562. The quantitative estimate of drug-likeness (QED) is 0.839. The van der Waals surface area contributed by atoms with E-state index in [1.54, 1.807) is 12.1 Å². The molecule has 1 amide bonds. The fourth-order valence-electron chi connectivity index (χ4n) is 2.70. The normalized spacial score (nSPS) is 20.4. The third kappa shape index (κ3) is 4.31. The number of nitrogens with zero attached hydrogens (tertiary/aromatic N) is 1. The Balaban J connectivity index is 1.61. The Morgan fingerprint density at radius 2 is 1.65 bits per heavy atom. The molecular formula is C16H23N3O3S. The lowest BCUT2D eigenvalue weighted by molar-refractivity contribution is 0.0917. The number of likely N-dealkylation sites (tertiary alicyclic amines) is 1. The molecule has 3 rings (SSSR count). The van der Waals surface area contributed by atoms with Crippen LogP contribution in [-0.2, 0) is 10.0 Å². The van der Waals surface area contributed by atoms with E-state index in [0.717, 1.165) is 38.8 Å². The number of piperidine rings is 1. The molecule has 126 valence electrons. The molecule has 2 aliphatic rings. The molecule has 0 aromatic heterocycles. The van der Waals surface area contributed by atoms with Gasteiger partial charge in [0.15, 0.2) is 0 Å². The predicted molar refractivity (Wildman–Crippen MR) is 87.8 cm³/mol. The molecule has 1 aromatic carbocycles. The van der Waals surface area contributed by atoms with Crippen molar-refractivity contribution < 1.29 is 13.2 Å². The highest BCUT2D eigenvalue weighted by atomic mass is 32.2. The van der Waals surface area contributed by atoms with Crippen LogP contribution in [0.1, 0.15) is 36.0 Å². The first-order valence-corrected chi connectivity index (χ1v) is 9.54. The van der Waals surface area contributed by atoms with Crippen molar-refractivity contribution in [1.29, 1.82) is 0 Å². The lowest BCUT2D eigenvalue weighted by Gasteiger charge is -2.29. The second-order valence-corrected chi connectivity index (χ2v) is 8.18. The van der Waals surface area contributed by atoms with Gasteiger partial charge in [0, 0.05) is 17.6 Å². The van der Waals surface area contributed by atoms with Crippen LogP contribution in [0, 0.1) is 0 Å². The van der Waals surface area contributed by atoms with Gasteiger partial charge in [-0.25, -0.2) is 13.1 Å². The number of benzene rings is 1. The maximum absolute atomic E-state index is 12.3. The summed E-state index contributed by atoms with van der Waals surface area (Å²) in [5.74, 6) is -0.140. The Hall–Kier alpha value is -1.44. The highest BCUT2D eigenvalue weighted by molar-refractivity contribution is 7.89. The second kappa shape index (κ2) is 6.59. The smallest absolute Gasteiger partial charge is 0.251 e. The number of carbonyl (C=O) groups excluding carboxylic acids is 1. The van der Waals surface area contributed by atoms with Crippen molar-refractivity contribution in [3.63, 3.8) is 0 Å². The molecule has 1 aliphatic carbocycles. The zero-order valence-electron chi connectivity index (χ0n) is 13.3. The van der Waals surface area contributed by atoms with Crippen molar-refractivity contribution in [2.45, 2.75) is 42.7 Å². The van der Waals surface area contributed by atoms with E-state index < -0.39 is 10.0 Å². The largest absolute Gasteiger partial charge is 0.349 e. The number of hydrogen-bond acceptors (Lipinski definition) is 4. The van der Waals surface area contributed by atoms with Crippen LogP contribution in [0.25, 0.3) is 0 Å². The Labute approximate surface area is 137 Å². The summed E-state index contributed by atoms with van der Waals surface area (Å²) in [6.07, 6.45) is 3.69. The number of nitrogens with one attached hydrogen (secondary N) is 2. The molecule has 2 N–H and O–H groups in total. The zero-order valence-corrected chi connectivity index (χ0v) is 14.1. The first-order valence-electron chi connectivity index (χ1n) is 8.06. The van der Waals surface area contributed by atoms with Gasteiger partial charge >= 0.3 is 0 Å². The van der Waals surface area contributed by atoms with Crippen LogP contribution in [0.3, 0.4) is 0 Å². The maximum Gasteiger partial charge on any atom is 0.251 e. The molecule has 0 bridgehead atoms. The average molecular weight is 337 g/mol. The van der Waals surface area contributed by atoms with Gasteiger partial charge < -0.3 is 10.2 Å². The molecule has 7 heteroatoms. The fourth-order valence-corrected chi connectivity index (χ4v) is 4.00. The molecule has 1 heterocycles. The zero-order chi connectivity index (χ0) is 16.4. The molecule has 23 heavy (non-hydrogen) atoms. The van der Waals surface area contributed by atoms with Crippen molar-refractivity contribution in [2.24, 2.45) is 0 Å². The summed E-state index contributed by atoms with van der Waals surface area (Å²) in [7, 11) is -1.38. The molecule has 1 aromatic rings. The van der Waals surface area contributed by atoms with Crippen LogP contribution >= 0.6 is 0 Å². The minimum Gasteiger partial charge on any atom is -0.349 e. The van der Waals surface area contributed by atoms with Crippen LogP contribution < -0.4 is 10.0 Å². The van der Waals surface area contributed by atoms with E-state index >= 15 is 0 Å². The summed E-state index contributed by atoms with van der Waals surface area (Å²) >= 11 is 0. The molecule has 0 unspecified atom stereocenters. The standard InChI is InChI=1S/C16H23N3O3S/c1-19-10-8-13(9-11-19)17-16(20)12-2-6-15(7-3-12)23(21,22)18-14-4-5-14/h2-3,6-7,13-14,18H,4-5,8-11H2,1H3,(H,17,20).